The van der Waals surface area contributed by atoms with E-state index in [0.717, 1.165) is 4.90 Å². The van der Waals surface area contributed by atoms with Gasteiger partial charge in [0.1, 0.15) is 5.60 Å². The second-order valence-corrected chi connectivity index (χ2v) is 6.14. The molecule has 0 radical (unpaired) electrons. The van der Waals surface area contributed by atoms with E-state index in [2.05, 4.69) is 0 Å². The number of ether oxygens (including phenoxy) is 1. The molecule has 1 unspecified atom stereocenters. The molecule has 0 saturated carbocycles. The first kappa shape index (κ1) is 16.2. The summed E-state index contributed by atoms with van der Waals surface area (Å²) >= 11 is 0. The molecule has 0 N–H and O–H groups in total. The molecule has 0 aromatic carbocycles. The van der Waals surface area contributed by atoms with Crippen LogP contribution in [0.1, 0.15) is 34.1 Å². The highest BCUT2D eigenvalue weighted by atomic mass is 16.6. The fourth-order valence-electron chi connectivity index (χ4n) is 1.88. The Kier molecular flexibility index (Phi) is 4.57. The van der Waals surface area contributed by atoms with Gasteiger partial charge in [-0.2, -0.15) is 0 Å². The van der Waals surface area contributed by atoms with Gasteiger partial charge in [0.25, 0.3) is 5.91 Å². The molecule has 1 rings (SSSR count). The number of hydrogen-bond donors (Lipinski definition) is 0. The average Bonchev–Trinajstić information content (AvgIpc) is 2.20. The topological polar surface area (TPSA) is 66.9 Å². The molecule has 1 fully saturated rings. The molecular formula is C14H22N2O4. The zero-order valence-corrected chi connectivity index (χ0v) is 12.9. The summed E-state index contributed by atoms with van der Waals surface area (Å²) < 4.78 is 5.22. The second-order valence-electron chi connectivity index (χ2n) is 6.14. The van der Waals surface area contributed by atoms with Crippen molar-refractivity contribution < 1.29 is 19.1 Å². The van der Waals surface area contributed by atoms with Gasteiger partial charge in [-0.15, -0.1) is 0 Å². The van der Waals surface area contributed by atoms with Gasteiger partial charge in [-0.3, -0.25) is 9.59 Å². The standard InChI is InChI=1S/C14H22N2O4/c1-9-7-11(17)10(8-15(5)6)12(18)16(9)13(19)20-14(2,3)4/h8-9H,7H2,1-6H3. The Labute approximate surface area is 119 Å². The number of Topliss-reactive ketones (excluding diaryl/α,β-unsaturated/α-hetero) is 1. The van der Waals surface area contributed by atoms with Crippen molar-refractivity contribution in [3.05, 3.63) is 11.8 Å². The van der Waals surface area contributed by atoms with Crippen LogP contribution in [0.15, 0.2) is 11.8 Å². The summed E-state index contributed by atoms with van der Waals surface area (Å²) in [5, 5.41) is 0. The predicted octanol–water partition coefficient (Wildman–Crippen LogP) is 1.56. The van der Waals surface area contributed by atoms with E-state index in [9.17, 15) is 14.4 Å². The quantitative estimate of drug-likeness (QED) is 0.539. The van der Waals surface area contributed by atoms with Crippen molar-refractivity contribution in [3.8, 4) is 0 Å². The van der Waals surface area contributed by atoms with Crippen LogP contribution in [0.3, 0.4) is 0 Å². The number of piperidine rings is 1. The number of imide groups is 1. The molecule has 1 saturated heterocycles. The molecule has 20 heavy (non-hydrogen) atoms. The van der Waals surface area contributed by atoms with Crippen LogP contribution >= 0.6 is 0 Å². The first-order valence-electron chi connectivity index (χ1n) is 6.51. The smallest absolute Gasteiger partial charge is 0.417 e. The van der Waals surface area contributed by atoms with Gasteiger partial charge in [-0.05, 0) is 27.7 Å². The molecule has 1 aliphatic rings. The minimum absolute atomic E-state index is 0.0129. The predicted molar refractivity (Wildman–Crippen MR) is 73.9 cm³/mol. The van der Waals surface area contributed by atoms with Gasteiger partial charge in [0.15, 0.2) is 5.78 Å². The van der Waals surface area contributed by atoms with Gasteiger partial charge in [-0.25, -0.2) is 9.69 Å². The van der Waals surface area contributed by atoms with Crippen LogP contribution in [-0.2, 0) is 14.3 Å². The number of ketones is 1. The number of nitrogens with zero attached hydrogens (tertiary/aromatic N) is 2. The van der Waals surface area contributed by atoms with Crippen LogP contribution in [0, 0.1) is 0 Å². The molecule has 1 atom stereocenters. The molecule has 0 bridgehead atoms. The lowest BCUT2D eigenvalue weighted by molar-refractivity contribution is -0.134. The number of carbonyl (C=O) groups is 3. The largest absolute Gasteiger partial charge is 0.443 e. The van der Waals surface area contributed by atoms with E-state index >= 15 is 0 Å². The fourth-order valence-corrected chi connectivity index (χ4v) is 1.88. The zero-order valence-electron chi connectivity index (χ0n) is 12.9. The van der Waals surface area contributed by atoms with Crippen LogP contribution in [0.5, 0.6) is 0 Å². The lowest BCUT2D eigenvalue weighted by Gasteiger charge is -2.33. The van der Waals surface area contributed by atoms with Crippen molar-refractivity contribution in [2.24, 2.45) is 0 Å². The minimum atomic E-state index is -0.716. The third-order valence-corrected chi connectivity index (χ3v) is 2.65. The second kappa shape index (κ2) is 5.64. The maximum Gasteiger partial charge on any atom is 0.417 e. The molecule has 0 spiro atoms. The summed E-state index contributed by atoms with van der Waals surface area (Å²) in [5.74, 6) is -0.854. The van der Waals surface area contributed by atoms with E-state index in [4.69, 9.17) is 4.74 Å². The highest BCUT2D eigenvalue weighted by Crippen LogP contribution is 2.22. The van der Waals surface area contributed by atoms with Gasteiger partial charge < -0.3 is 9.64 Å². The number of carbonyl (C=O) groups excluding carboxylic acids is 3. The fraction of sp³-hybridized carbons (Fsp3) is 0.643. The van der Waals surface area contributed by atoms with E-state index < -0.39 is 23.6 Å². The summed E-state index contributed by atoms with van der Waals surface area (Å²) in [5.41, 5.74) is -0.678. The Bertz CT molecular complexity index is 460. The summed E-state index contributed by atoms with van der Waals surface area (Å²) in [6.45, 7) is 6.84. The molecule has 0 aliphatic carbocycles. The van der Waals surface area contributed by atoms with Crippen LogP contribution in [0.4, 0.5) is 4.79 Å². The maximum atomic E-state index is 12.3. The van der Waals surface area contributed by atoms with Crippen molar-refractivity contribution in [1.29, 1.82) is 0 Å². The number of rotatable bonds is 1. The van der Waals surface area contributed by atoms with Crippen molar-refractivity contribution >= 4 is 17.8 Å². The SMILES string of the molecule is CC1CC(=O)C(=CN(C)C)C(=O)N1C(=O)OC(C)(C)C. The monoisotopic (exact) mass is 282 g/mol. The van der Waals surface area contributed by atoms with Crippen molar-refractivity contribution in [2.75, 3.05) is 14.1 Å². The molecule has 0 aromatic heterocycles. The van der Waals surface area contributed by atoms with Crippen LogP contribution in [-0.4, -0.2) is 53.3 Å². The highest BCUT2D eigenvalue weighted by molar-refractivity contribution is 6.23. The number of hydrogen-bond acceptors (Lipinski definition) is 5. The van der Waals surface area contributed by atoms with Gasteiger partial charge >= 0.3 is 6.09 Å². The van der Waals surface area contributed by atoms with Gasteiger partial charge in [-0.1, -0.05) is 0 Å². The zero-order chi connectivity index (χ0) is 15.7. The molecule has 2 amide bonds. The highest BCUT2D eigenvalue weighted by Gasteiger charge is 2.40. The summed E-state index contributed by atoms with van der Waals surface area (Å²) in [6.07, 6.45) is 0.839. The average molecular weight is 282 g/mol. The van der Waals surface area contributed by atoms with Crippen molar-refractivity contribution in [3.63, 3.8) is 0 Å². The van der Waals surface area contributed by atoms with E-state index in [1.807, 2.05) is 0 Å². The normalized spacial score (nSPS) is 22.2. The van der Waals surface area contributed by atoms with Gasteiger partial charge in [0.2, 0.25) is 0 Å². The summed E-state index contributed by atoms with van der Waals surface area (Å²) in [6, 6.07) is -0.496. The lowest BCUT2D eigenvalue weighted by Crippen LogP contribution is -2.51. The molecule has 0 aromatic rings. The van der Waals surface area contributed by atoms with Crippen LogP contribution in [0.25, 0.3) is 0 Å². The summed E-state index contributed by atoms with van der Waals surface area (Å²) in [7, 11) is 3.42. The van der Waals surface area contributed by atoms with Crippen molar-refractivity contribution in [1.82, 2.24) is 9.80 Å². The maximum absolute atomic E-state index is 12.3. The molecule has 6 heteroatoms. The number of amides is 2. The molecule has 1 aliphatic heterocycles. The van der Waals surface area contributed by atoms with E-state index in [-0.39, 0.29) is 17.8 Å². The van der Waals surface area contributed by atoms with E-state index in [0.29, 0.717) is 0 Å². The van der Waals surface area contributed by atoms with Crippen LogP contribution < -0.4 is 0 Å². The molecule has 6 nitrogen and oxygen atoms in total. The Morgan fingerprint density at radius 3 is 2.35 bits per heavy atom. The Hall–Kier alpha value is -1.85. The third kappa shape index (κ3) is 3.82. The Morgan fingerprint density at radius 1 is 1.35 bits per heavy atom. The summed E-state index contributed by atoms with van der Waals surface area (Å²) in [4.78, 5) is 39.0. The first-order valence-corrected chi connectivity index (χ1v) is 6.51. The molecule has 1 heterocycles. The number of likely N-dealkylation sites (tertiary alicyclic amines) is 1. The van der Waals surface area contributed by atoms with E-state index in [1.165, 1.54) is 6.20 Å². The third-order valence-electron chi connectivity index (χ3n) is 2.65. The Morgan fingerprint density at radius 2 is 1.90 bits per heavy atom. The molecular weight excluding hydrogens is 260 g/mol. The van der Waals surface area contributed by atoms with Gasteiger partial charge in [0, 0.05) is 32.8 Å². The van der Waals surface area contributed by atoms with E-state index in [1.54, 1.807) is 46.7 Å². The van der Waals surface area contributed by atoms with Gasteiger partial charge in [0.05, 0.1) is 5.57 Å². The van der Waals surface area contributed by atoms with Crippen molar-refractivity contribution in [2.45, 2.75) is 45.8 Å². The molecule has 112 valence electrons. The minimum Gasteiger partial charge on any atom is -0.443 e. The first-order chi connectivity index (χ1) is 9.03. The lowest BCUT2D eigenvalue weighted by atomic mass is 9.97. The Balaban J connectivity index is 3.04. The van der Waals surface area contributed by atoms with Crippen LogP contribution in [0.2, 0.25) is 0 Å².